The van der Waals surface area contributed by atoms with Crippen LogP contribution in [0, 0.1) is 11.8 Å². The smallest absolute Gasteiger partial charge is 0.255 e. The number of nitrogens with zero attached hydrogens (tertiary/aromatic N) is 2. The molecule has 11 nitrogen and oxygen atoms in total. The number of nitrogens with two attached hydrogens (primary N) is 1. The number of aliphatic hydroxyl groups is 3. The molecule has 1 amide bonds. The van der Waals surface area contributed by atoms with Gasteiger partial charge < -0.3 is 31.1 Å². The number of likely N-dealkylation sites (N-methyl/N-ethyl adjacent to an activating group) is 1. The van der Waals surface area contributed by atoms with Crippen LogP contribution in [0.5, 0.6) is 5.75 Å². The summed E-state index contributed by atoms with van der Waals surface area (Å²) in [4.78, 5) is 55.4. The molecule has 0 heterocycles. The highest BCUT2D eigenvalue weighted by molar-refractivity contribution is 6.24. The quantitative estimate of drug-likeness (QED) is 0.250. The maximum Gasteiger partial charge on any atom is 0.255 e. The van der Waals surface area contributed by atoms with Crippen LogP contribution in [0.1, 0.15) is 54.1 Å². The Kier molecular flexibility index (Phi) is 7.11. The lowest BCUT2D eigenvalue weighted by Crippen LogP contribution is -2.65. The number of ketones is 3. The minimum Gasteiger partial charge on any atom is -0.508 e. The summed E-state index contributed by atoms with van der Waals surface area (Å²) in [6.45, 7) is 1.93. The highest BCUT2D eigenvalue weighted by Crippen LogP contribution is 2.54. The average Bonchev–Trinajstić information content (AvgIpc) is 2.84. The maximum atomic E-state index is 14.0. The molecule has 4 atom stereocenters. The lowest BCUT2D eigenvalue weighted by molar-refractivity contribution is -0.153. The number of anilines is 1. The van der Waals surface area contributed by atoms with E-state index in [1.54, 1.807) is 39.2 Å². The van der Waals surface area contributed by atoms with Gasteiger partial charge in [0.05, 0.1) is 17.2 Å². The van der Waals surface area contributed by atoms with Crippen LogP contribution >= 0.6 is 0 Å². The molecule has 0 radical (unpaired) electrons. The van der Waals surface area contributed by atoms with Crippen molar-refractivity contribution in [1.29, 1.82) is 0 Å². The Labute approximate surface area is 226 Å². The van der Waals surface area contributed by atoms with Crippen LogP contribution in [0.3, 0.4) is 0 Å². The summed E-state index contributed by atoms with van der Waals surface area (Å²) < 4.78 is 0. The van der Waals surface area contributed by atoms with Crippen molar-refractivity contribution in [1.82, 2.24) is 4.90 Å². The van der Waals surface area contributed by atoms with Gasteiger partial charge in [-0.05, 0) is 50.9 Å². The van der Waals surface area contributed by atoms with Crippen molar-refractivity contribution in [3.8, 4) is 5.75 Å². The number of primary amides is 1. The summed E-state index contributed by atoms with van der Waals surface area (Å²) in [5.41, 5.74) is 2.53. The fraction of sp³-hybridized carbons (Fsp3) is 0.500. The number of phenolic OH excluding ortho intramolecular Hbond substituents is 1. The first-order valence-corrected chi connectivity index (χ1v) is 12.9. The van der Waals surface area contributed by atoms with Gasteiger partial charge in [0.2, 0.25) is 5.78 Å². The number of benzene rings is 1. The number of hydrogen-bond acceptors (Lipinski definition) is 10. The Morgan fingerprint density at radius 1 is 1.13 bits per heavy atom. The zero-order valence-electron chi connectivity index (χ0n) is 22.7. The molecule has 0 saturated heterocycles. The van der Waals surface area contributed by atoms with E-state index in [-0.39, 0.29) is 41.7 Å². The molecule has 0 aliphatic heterocycles. The number of aromatic hydroxyl groups is 1. The molecule has 1 saturated carbocycles. The number of Topliss-reactive ketones (excluding diaryl/α,β-unsaturated/α-hetero) is 3. The highest BCUT2D eigenvalue weighted by Gasteiger charge is 2.64. The summed E-state index contributed by atoms with van der Waals surface area (Å²) >= 11 is 0. The summed E-state index contributed by atoms with van der Waals surface area (Å²) in [7, 11) is 6.60. The monoisotopic (exact) mass is 541 g/mol. The number of phenols is 1. The minimum absolute atomic E-state index is 0.00340. The third kappa shape index (κ3) is 4.02. The molecule has 39 heavy (non-hydrogen) atoms. The number of unbranched alkanes of at least 4 members (excludes halogenated alkanes) is 1. The van der Waals surface area contributed by atoms with Crippen LogP contribution < -0.4 is 10.6 Å². The molecule has 11 heteroatoms. The second-order valence-corrected chi connectivity index (χ2v) is 11.0. The molecule has 3 aliphatic carbocycles. The van der Waals surface area contributed by atoms with Gasteiger partial charge >= 0.3 is 0 Å². The SMILES string of the molecule is CCCCC(=O)c1cc(N(C)C)c2c(c1O)C(O)=C1C(=O)[C@]3(O)C(O)=C(C(N)=O)C(=O)[C@H](N(C)C)[C@@H]3C[C@@H]1C2. The van der Waals surface area contributed by atoms with Gasteiger partial charge in [-0.3, -0.25) is 24.1 Å². The largest absolute Gasteiger partial charge is 0.508 e. The van der Waals surface area contributed by atoms with E-state index >= 15 is 0 Å². The highest BCUT2D eigenvalue weighted by atomic mass is 16.3. The van der Waals surface area contributed by atoms with Gasteiger partial charge in [0, 0.05) is 37.7 Å². The van der Waals surface area contributed by atoms with Crippen LogP contribution in [-0.4, -0.2) is 88.4 Å². The Morgan fingerprint density at radius 2 is 1.77 bits per heavy atom. The van der Waals surface area contributed by atoms with E-state index in [0.717, 1.165) is 6.42 Å². The lowest BCUT2D eigenvalue weighted by Gasteiger charge is -2.50. The van der Waals surface area contributed by atoms with Crippen molar-refractivity contribution in [2.45, 2.75) is 50.7 Å². The van der Waals surface area contributed by atoms with E-state index in [0.29, 0.717) is 17.7 Å². The summed E-state index contributed by atoms with van der Waals surface area (Å²) in [6.07, 6.45) is 1.71. The van der Waals surface area contributed by atoms with E-state index in [2.05, 4.69) is 0 Å². The summed E-state index contributed by atoms with van der Waals surface area (Å²) in [5, 5.41) is 45.3. The number of carbonyl (C=O) groups is 4. The third-order valence-electron chi connectivity index (χ3n) is 8.24. The van der Waals surface area contributed by atoms with Gasteiger partial charge in [-0.15, -0.1) is 0 Å². The zero-order chi connectivity index (χ0) is 29.1. The van der Waals surface area contributed by atoms with Crippen molar-refractivity contribution in [2.24, 2.45) is 17.6 Å². The standard InChI is InChI=1S/C28H35N3O8/c1-6-7-8-17(32)14-11-16(30(2)3)13-9-12-10-15-21(31(4)5)24(35)20(27(29)38)26(37)28(15,39)25(36)18(12)23(34)19(13)22(14)33/h11-12,15,21,33-34,37,39H,6-10H2,1-5H3,(H2,29,38)/t12-,15-,21+,28-/m0/s1. The first-order chi connectivity index (χ1) is 18.2. The molecule has 1 fully saturated rings. The molecule has 210 valence electrons. The maximum absolute atomic E-state index is 14.0. The predicted molar refractivity (Wildman–Crippen MR) is 142 cm³/mol. The van der Waals surface area contributed by atoms with Crippen LogP contribution in [0.15, 0.2) is 23.0 Å². The fourth-order valence-electron chi connectivity index (χ4n) is 6.38. The van der Waals surface area contributed by atoms with Gasteiger partial charge in [-0.25, -0.2) is 0 Å². The van der Waals surface area contributed by atoms with E-state index in [1.165, 1.54) is 4.90 Å². The molecule has 6 N–H and O–H groups in total. The van der Waals surface area contributed by atoms with Gasteiger partial charge in [-0.1, -0.05) is 13.3 Å². The van der Waals surface area contributed by atoms with Crippen molar-refractivity contribution in [2.75, 3.05) is 33.1 Å². The Balaban J connectivity index is 1.98. The second-order valence-electron chi connectivity index (χ2n) is 11.0. The number of hydrogen-bond donors (Lipinski definition) is 5. The molecule has 0 spiro atoms. The first-order valence-electron chi connectivity index (χ1n) is 12.9. The molecule has 0 aromatic heterocycles. The number of aliphatic hydroxyl groups excluding tert-OH is 2. The van der Waals surface area contributed by atoms with Gasteiger partial charge in [-0.2, -0.15) is 0 Å². The van der Waals surface area contributed by atoms with E-state index in [4.69, 9.17) is 5.73 Å². The Morgan fingerprint density at radius 3 is 2.31 bits per heavy atom. The van der Waals surface area contributed by atoms with Crippen molar-refractivity contribution >= 4 is 34.7 Å². The van der Waals surface area contributed by atoms with Gasteiger partial charge in [0.25, 0.3) is 5.91 Å². The Bertz CT molecular complexity index is 1360. The number of amides is 1. The van der Waals surface area contributed by atoms with Gasteiger partial charge in [0.1, 0.15) is 22.8 Å². The molecule has 0 unspecified atom stereocenters. The lowest BCUT2D eigenvalue weighted by atomic mass is 9.57. The van der Waals surface area contributed by atoms with E-state index < -0.39 is 63.8 Å². The summed E-state index contributed by atoms with van der Waals surface area (Å²) in [6, 6.07) is 0.425. The average molecular weight is 542 g/mol. The molecular formula is C28H35N3O8. The van der Waals surface area contributed by atoms with E-state index in [9.17, 15) is 39.6 Å². The Hall–Kier alpha value is -3.70. The third-order valence-corrected chi connectivity index (χ3v) is 8.24. The van der Waals surface area contributed by atoms with Crippen molar-refractivity contribution in [3.05, 3.63) is 39.7 Å². The van der Waals surface area contributed by atoms with E-state index in [1.807, 2.05) is 6.92 Å². The number of rotatable bonds is 7. The van der Waals surface area contributed by atoms with Crippen LogP contribution in [0.25, 0.3) is 5.76 Å². The minimum atomic E-state index is -2.71. The van der Waals surface area contributed by atoms with Crippen LogP contribution in [0.4, 0.5) is 5.69 Å². The van der Waals surface area contributed by atoms with Gasteiger partial charge in [0.15, 0.2) is 17.2 Å². The molecule has 1 aromatic carbocycles. The number of carbonyl (C=O) groups excluding carboxylic acids is 4. The molecule has 0 bridgehead atoms. The first kappa shape index (κ1) is 28.3. The molecule has 1 aromatic rings. The fourth-order valence-corrected chi connectivity index (χ4v) is 6.38. The predicted octanol–water partition coefficient (Wildman–Crippen LogP) is 1.40. The molecule has 4 rings (SSSR count). The van der Waals surface area contributed by atoms with Crippen LogP contribution in [-0.2, 0) is 20.8 Å². The van der Waals surface area contributed by atoms with Crippen molar-refractivity contribution in [3.63, 3.8) is 0 Å². The molecular weight excluding hydrogens is 506 g/mol. The molecule has 3 aliphatic rings. The normalized spacial score (nSPS) is 26.4. The zero-order valence-corrected chi connectivity index (χ0v) is 22.7. The summed E-state index contributed by atoms with van der Waals surface area (Å²) in [5.74, 6) is -7.56. The van der Waals surface area contributed by atoms with Crippen LogP contribution in [0.2, 0.25) is 0 Å². The second kappa shape index (κ2) is 9.80. The number of fused-ring (bicyclic) bond motifs is 3. The topological polar surface area (TPSA) is 182 Å². The van der Waals surface area contributed by atoms with Crippen molar-refractivity contribution < 1.29 is 39.6 Å².